The molecule has 0 atom stereocenters. The Balaban J connectivity index is 1.23. The van der Waals surface area contributed by atoms with Crippen molar-refractivity contribution < 1.29 is 0 Å². The molecule has 4 nitrogen and oxygen atoms in total. The highest BCUT2D eigenvalue weighted by Crippen LogP contribution is 2.47. The zero-order chi connectivity index (χ0) is 38.9. The molecule has 2 aliphatic rings. The summed E-state index contributed by atoms with van der Waals surface area (Å²) in [5.41, 5.74) is 15.5. The maximum atomic E-state index is 5.38. The van der Waals surface area contributed by atoms with E-state index in [1.165, 1.54) is 49.3 Å². The van der Waals surface area contributed by atoms with Crippen LogP contribution in [0.2, 0.25) is 0 Å². The minimum Gasteiger partial charge on any atom is -0.311 e. The van der Waals surface area contributed by atoms with E-state index < -0.39 is 0 Å². The Morgan fingerprint density at radius 1 is 0.322 bits per heavy atom. The molecule has 0 fully saturated rings. The van der Waals surface area contributed by atoms with Gasteiger partial charge in [0.2, 0.25) is 0 Å². The van der Waals surface area contributed by atoms with E-state index in [1.807, 2.05) is 12.1 Å². The highest BCUT2D eigenvalue weighted by molar-refractivity contribution is 7.02. The molecule has 2 aliphatic heterocycles. The van der Waals surface area contributed by atoms with Gasteiger partial charge in [-0.1, -0.05) is 158 Å². The van der Waals surface area contributed by atoms with Crippen molar-refractivity contribution in [2.75, 3.05) is 9.80 Å². The molecule has 0 saturated carbocycles. The van der Waals surface area contributed by atoms with Crippen LogP contribution in [0.15, 0.2) is 212 Å². The van der Waals surface area contributed by atoms with Crippen LogP contribution in [-0.4, -0.2) is 16.7 Å². The number of benzene rings is 9. The van der Waals surface area contributed by atoms with Crippen molar-refractivity contribution in [3.8, 4) is 33.9 Å². The number of nitrogens with zero attached hydrogens (tertiary/aromatic N) is 4. The maximum absolute atomic E-state index is 5.38. The molecule has 10 aromatic rings. The molecule has 0 aliphatic carbocycles. The predicted molar refractivity (Wildman–Crippen MR) is 247 cm³/mol. The Labute approximate surface area is 343 Å². The van der Waals surface area contributed by atoms with Crippen LogP contribution < -0.4 is 26.2 Å². The molecule has 12 rings (SSSR count). The summed E-state index contributed by atoms with van der Waals surface area (Å²) in [7, 11) is 0. The maximum Gasteiger partial charge on any atom is 0.253 e. The Morgan fingerprint density at radius 3 is 1.25 bits per heavy atom. The van der Waals surface area contributed by atoms with Gasteiger partial charge in [0.15, 0.2) is 5.82 Å². The molecule has 3 heterocycles. The number of aromatic nitrogens is 2. The number of fused-ring (bicyclic) bond motifs is 8. The normalized spacial score (nSPS) is 12.6. The molecule has 0 bridgehead atoms. The third kappa shape index (κ3) is 5.32. The highest BCUT2D eigenvalue weighted by Gasteiger charge is 2.45. The molecule has 59 heavy (non-hydrogen) atoms. The number of hydrogen-bond acceptors (Lipinski definition) is 4. The molecular formula is C54H35BN4. The molecule has 274 valence electrons. The predicted octanol–water partition coefficient (Wildman–Crippen LogP) is 11.9. The van der Waals surface area contributed by atoms with Crippen LogP contribution in [0.5, 0.6) is 0 Å². The summed E-state index contributed by atoms with van der Waals surface area (Å²) in [6.45, 7) is -0.0543. The van der Waals surface area contributed by atoms with Crippen molar-refractivity contribution in [1.29, 1.82) is 0 Å². The molecule has 0 amide bonds. The van der Waals surface area contributed by atoms with Crippen molar-refractivity contribution in [3.63, 3.8) is 0 Å². The van der Waals surface area contributed by atoms with E-state index in [4.69, 9.17) is 9.97 Å². The topological polar surface area (TPSA) is 32.3 Å². The van der Waals surface area contributed by atoms with E-state index in [0.29, 0.717) is 5.82 Å². The quantitative estimate of drug-likeness (QED) is 0.164. The lowest BCUT2D eigenvalue weighted by Gasteiger charge is -2.45. The third-order valence-corrected chi connectivity index (χ3v) is 12.0. The molecule has 0 spiro atoms. The average Bonchev–Trinajstić information content (AvgIpc) is 3.32. The highest BCUT2D eigenvalue weighted by atomic mass is 15.2. The minimum absolute atomic E-state index is 0.0543. The molecular weight excluding hydrogens is 715 g/mol. The summed E-state index contributed by atoms with van der Waals surface area (Å²) >= 11 is 0. The first-order valence-corrected chi connectivity index (χ1v) is 20.2. The Morgan fingerprint density at radius 2 is 0.746 bits per heavy atom. The zero-order valence-electron chi connectivity index (χ0n) is 32.1. The van der Waals surface area contributed by atoms with Crippen LogP contribution in [0.25, 0.3) is 55.4 Å². The first kappa shape index (κ1) is 33.4. The molecule has 5 heteroatoms. The molecule has 0 saturated heterocycles. The second-order valence-electron chi connectivity index (χ2n) is 15.3. The summed E-state index contributed by atoms with van der Waals surface area (Å²) in [5, 5.41) is 4.99. The average molecular weight is 751 g/mol. The summed E-state index contributed by atoms with van der Waals surface area (Å²) in [4.78, 5) is 15.5. The van der Waals surface area contributed by atoms with Crippen molar-refractivity contribution in [3.05, 3.63) is 212 Å². The van der Waals surface area contributed by atoms with Crippen LogP contribution in [0.1, 0.15) is 0 Å². The van der Waals surface area contributed by atoms with E-state index in [2.05, 4.69) is 210 Å². The van der Waals surface area contributed by atoms with Crippen LogP contribution in [0.3, 0.4) is 0 Å². The fraction of sp³-hybridized carbons (Fsp3) is 0. The number of rotatable bonds is 5. The first-order valence-electron chi connectivity index (χ1n) is 20.2. The Bertz CT molecular complexity index is 3020. The van der Waals surface area contributed by atoms with E-state index in [9.17, 15) is 0 Å². The second kappa shape index (κ2) is 13.4. The SMILES string of the molecule is c1ccc(-c2cc(-c3cc4c5c(c3)N(c3ccccc3)c3ccc6ccccc6c3B5c3c(ccc5ccccc35)N4c3ccccc3)nc(-c3ccccc3)n2)cc1. The van der Waals surface area contributed by atoms with Gasteiger partial charge in [-0.15, -0.1) is 0 Å². The molecule has 0 N–H and O–H groups in total. The summed E-state index contributed by atoms with van der Waals surface area (Å²) in [6, 6.07) is 76.3. The van der Waals surface area contributed by atoms with Crippen LogP contribution in [-0.2, 0) is 0 Å². The zero-order valence-corrected chi connectivity index (χ0v) is 32.1. The smallest absolute Gasteiger partial charge is 0.253 e. The van der Waals surface area contributed by atoms with E-state index in [-0.39, 0.29) is 6.71 Å². The van der Waals surface area contributed by atoms with Crippen LogP contribution in [0.4, 0.5) is 34.1 Å². The van der Waals surface area contributed by atoms with Gasteiger partial charge >= 0.3 is 0 Å². The third-order valence-electron chi connectivity index (χ3n) is 12.0. The fourth-order valence-corrected chi connectivity index (χ4v) is 9.47. The molecule has 9 aromatic carbocycles. The van der Waals surface area contributed by atoms with Gasteiger partial charge in [0.1, 0.15) is 0 Å². The minimum atomic E-state index is -0.0543. The van der Waals surface area contributed by atoms with Gasteiger partial charge in [-0.25, -0.2) is 9.97 Å². The van der Waals surface area contributed by atoms with Crippen molar-refractivity contribution in [1.82, 2.24) is 9.97 Å². The van der Waals surface area contributed by atoms with Crippen molar-refractivity contribution in [2.45, 2.75) is 0 Å². The lowest BCUT2D eigenvalue weighted by atomic mass is 9.32. The molecule has 0 radical (unpaired) electrons. The number of para-hydroxylation sites is 2. The van der Waals surface area contributed by atoms with Crippen LogP contribution in [0, 0.1) is 0 Å². The number of anilines is 6. The van der Waals surface area contributed by atoms with Crippen molar-refractivity contribution in [2.24, 2.45) is 0 Å². The van der Waals surface area contributed by atoms with Gasteiger partial charge in [-0.3, -0.25) is 0 Å². The monoisotopic (exact) mass is 750 g/mol. The van der Waals surface area contributed by atoms with E-state index >= 15 is 0 Å². The summed E-state index contributed by atoms with van der Waals surface area (Å²) in [6.07, 6.45) is 0. The van der Waals surface area contributed by atoms with Gasteiger partial charge < -0.3 is 9.80 Å². The van der Waals surface area contributed by atoms with E-state index in [0.717, 1.165) is 50.8 Å². The first-order chi connectivity index (χ1) is 29.3. The molecule has 0 unspecified atom stereocenters. The standard InChI is InChI=1S/C54H35BN4/c1-5-19-38(20-6-1)45-35-46(57-54(56-45)39-21-7-2-8-22-39)40-33-49-53-50(34-40)59(42-25-11-4-12-26-42)48-32-30-37-18-14-16-28-44(37)52(48)55(53)51-43-27-15-13-17-36(43)29-31-47(51)58(49)41-23-9-3-10-24-41/h1-35H. The largest absolute Gasteiger partial charge is 0.311 e. The summed E-state index contributed by atoms with van der Waals surface area (Å²) < 4.78 is 0. The van der Waals surface area contributed by atoms with Gasteiger partial charge in [0.25, 0.3) is 6.71 Å². The van der Waals surface area contributed by atoms with Gasteiger partial charge in [0, 0.05) is 50.8 Å². The van der Waals surface area contributed by atoms with Gasteiger partial charge in [-0.2, -0.15) is 0 Å². The van der Waals surface area contributed by atoms with Crippen molar-refractivity contribution >= 4 is 78.8 Å². The molecule has 1 aromatic heterocycles. The lowest BCUT2D eigenvalue weighted by molar-refractivity contribution is 1.18. The Kier molecular flexibility index (Phi) is 7.60. The fourth-order valence-electron chi connectivity index (χ4n) is 9.47. The second-order valence-corrected chi connectivity index (χ2v) is 15.3. The van der Waals surface area contributed by atoms with Crippen LogP contribution >= 0.6 is 0 Å². The van der Waals surface area contributed by atoms with Gasteiger partial charge in [-0.05, 0) is 92.5 Å². The number of hydrogen-bond donors (Lipinski definition) is 0. The summed E-state index contributed by atoms with van der Waals surface area (Å²) in [5.74, 6) is 0.694. The van der Waals surface area contributed by atoms with Gasteiger partial charge in [0.05, 0.1) is 11.4 Å². The Hall–Kier alpha value is -7.76. The van der Waals surface area contributed by atoms with E-state index in [1.54, 1.807) is 0 Å². The lowest BCUT2D eigenvalue weighted by Crippen LogP contribution is -2.61.